The van der Waals surface area contributed by atoms with Gasteiger partial charge in [-0.2, -0.15) is 18.2 Å². The molecule has 0 bridgehead atoms. The molecular weight excluding hydrogens is 173 g/mol. The predicted molar refractivity (Wildman–Crippen MR) is 33.4 cm³/mol. The van der Waals surface area contributed by atoms with Crippen LogP contribution in [-0.4, -0.2) is 16.3 Å². The summed E-state index contributed by atoms with van der Waals surface area (Å²) in [5.41, 5.74) is 0. The van der Waals surface area contributed by atoms with Gasteiger partial charge in [0.15, 0.2) is 5.82 Å². The first-order valence-electron chi connectivity index (χ1n) is 3.39. The van der Waals surface area contributed by atoms with Crippen molar-refractivity contribution in [2.24, 2.45) is 0 Å². The van der Waals surface area contributed by atoms with Gasteiger partial charge >= 0.3 is 6.18 Å². The first-order valence-corrected chi connectivity index (χ1v) is 3.39. The van der Waals surface area contributed by atoms with Crippen LogP contribution < -0.4 is 0 Å². The van der Waals surface area contributed by atoms with Gasteiger partial charge in [0.25, 0.3) is 0 Å². The summed E-state index contributed by atoms with van der Waals surface area (Å²) < 4.78 is 39.7. The smallest absolute Gasteiger partial charge is 0.339 e. The normalized spacial score (nSPS) is 12.0. The van der Waals surface area contributed by atoms with E-state index in [2.05, 4.69) is 14.7 Å². The summed E-state index contributed by atoms with van der Waals surface area (Å²) in [4.78, 5) is 3.52. The third-order valence-corrected chi connectivity index (χ3v) is 1.17. The van der Waals surface area contributed by atoms with Gasteiger partial charge in [-0.25, -0.2) is 0 Å². The van der Waals surface area contributed by atoms with Gasteiger partial charge in [0.05, 0.1) is 0 Å². The summed E-state index contributed by atoms with van der Waals surface area (Å²) in [6.45, 7) is 1.73. The minimum atomic E-state index is -4.27. The number of rotatable bonds is 2. The Morgan fingerprint density at radius 2 is 2.08 bits per heavy atom. The highest BCUT2D eigenvalue weighted by Gasteiger charge is 2.30. The number of halogens is 3. The van der Waals surface area contributed by atoms with Crippen LogP contribution in [0.2, 0.25) is 0 Å². The molecule has 12 heavy (non-hydrogen) atoms. The van der Waals surface area contributed by atoms with E-state index in [0.29, 0.717) is 6.42 Å². The number of aryl methyl sites for hydroxylation is 1. The van der Waals surface area contributed by atoms with E-state index in [1.807, 2.05) is 0 Å². The summed E-state index contributed by atoms with van der Waals surface area (Å²) in [5.74, 6) is -0.0754. The largest absolute Gasteiger partial charge is 0.396 e. The molecule has 0 unspecified atom stereocenters. The Kier molecular flexibility index (Phi) is 2.35. The molecule has 0 fully saturated rings. The number of aromatic nitrogens is 2. The van der Waals surface area contributed by atoms with Crippen LogP contribution in [0.15, 0.2) is 4.52 Å². The zero-order chi connectivity index (χ0) is 9.19. The first kappa shape index (κ1) is 9.02. The molecule has 0 amide bonds. The molecule has 1 heterocycles. The predicted octanol–water partition coefficient (Wildman–Crippen LogP) is 1.74. The van der Waals surface area contributed by atoms with E-state index < -0.39 is 12.6 Å². The second kappa shape index (κ2) is 3.12. The van der Waals surface area contributed by atoms with Gasteiger partial charge in [-0.05, 0) is 0 Å². The van der Waals surface area contributed by atoms with Crippen LogP contribution in [0.3, 0.4) is 0 Å². The monoisotopic (exact) mass is 180 g/mol. The fraction of sp³-hybridized carbons (Fsp3) is 0.667. The van der Waals surface area contributed by atoms with Gasteiger partial charge < -0.3 is 4.52 Å². The lowest BCUT2D eigenvalue weighted by atomic mass is 10.4. The number of hydrogen-bond acceptors (Lipinski definition) is 3. The second-order valence-corrected chi connectivity index (χ2v) is 2.25. The molecule has 68 valence electrons. The van der Waals surface area contributed by atoms with Crippen molar-refractivity contribution in [2.75, 3.05) is 0 Å². The number of hydrogen-bond donors (Lipinski definition) is 0. The quantitative estimate of drug-likeness (QED) is 0.695. The van der Waals surface area contributed by atoms with E-state index in [0.717, 1.165) is 0 Å². The Hall–Kier alpha value is -1.07. The topological polar surface area (TPSA) is 38.9 Å². The van der Waals surface area contributed by atoms with Crippen molar-refractivity contribution in [1.82, 2.24) is 10.1 Å². The maximum atomic E-state index is 11.7. The molecule has 0 atom stereocenters. The van der Waals surface area contributed by atoms with Gasteiger partial charge in [0, 0.05) is 6.42 Å². The van der Waals surface area contributed by atoms with E-state index in [1.54, 1.807) is 6.92 Å². The molecule has 0 saturated carbocycles. The molecular formula is C6H7F3N2O. The van der Waals surface area contributed by atoms with Crippen LogP contribution in [0.4, 0.5) is 13.2 Å². The van der Waals surface area contributed by atoms with Crippen LogP contribution in [0, 0.1) is 0 Å². The molecule has 3 nitrogen and oxygen atoms in total. The Bertz CT molecular complexity index is 256. The molecule has 0 saturated heterocycles. The average Bonchev–Trinajstić information content (AvgIpc) is 2.32. The Balaban J connectivity index is 2.64. The average molecular weight is 180 g/mol. The molecule has 1 aromatic heterocycles. The number of alkyl halides is 3. The van der Waals surface area contributed by atoms with Crippen LogP contribution in [-0.2, 0) is 12.8 Å². The summed E-state index contributed by atoms with van der Waals surface area (Å²) in [7, 11) is 0. The maximum Gasteiger partial charge on any atom is 0.396 e. The Morgan fingerprint density at radius 3 is 2.50 bits per heavy atom. The lowest BCUT2D eigenvalue weighted by molar-refractivity contribution is -0.128. The molecule has 1 rings (SSSR count). The zero-order valence-corrected chi connectivity index (χ0v) is 6.35. The van der Waals surface area contributed by atoms with Crippen LogP contribution in [0.5, 0.6) is 0 Å². The van der Waals surface area contributed by atoms with E-state index in [9.17, 15) is 13.2 Å². The minimum absolute atomic E-state index is 0.231. The third-order valence-electron chi connectivity index (χ3n) is 1.17. The van der Waals surface area contributed by atoms with Crippen molar-refractivity contribution in [1.29, 1.82) is 0 Å². The highest BCUT2D eigenvalue weighted by atomic mass is 19.4. The highest BCUT2D eigenvalue weighted by molar-refractivity contribution is 4.87. The fourth-order valence-electron chi connectivity index (χ4n) is 0.685. The first-order chi connectivity index (χ1) is 5.51. The lowest BCUT2D eigenvalue weighted by Crippen LogP contribution is -2.12. The summed E-state index contributed by atoms with van der Waals surface area (Å²) >= 11 is 0. The SMILES string of the molecule is CCc1nc(CC(F)(F)F)no1. The molecule has 0 aliphatic heterocycles. The van der Waals surface area contributed by atoms with Crippen molar-refractivity contribution in [3.63, 3.8) is 0 Å². The lowest BCUT2D eigenvalue weighted by Gasteiger charge is -1.99. The molecule has 0 aliphatic rings. The molecule has 1 aromatic rings. The van der Waals surface area contributed by atoms with Gasteiger partial charge in [0.2, 0.25) is 5.89 Å². The van der Waals surface area contributed by atoms with Crippen molar-refractivity contribution in [2.45, 2.75) is 25.9 Å². The number of nitrogens with zero attached hydrogens (tertiary/aromatic N) is 2. The van der Waals surface area contributed by atoms with Gasteiger partial charge in [-0.3, -0.25) is 0 Å². The van der Waals surface area contributed by atoms with Crippen LogP contribution >= 0.6 is 0 Å². The van der Waals surface area contributed by atoms with Gasteiger partial charge in [-0.15, -0.1) is 0 Å². The fourth-order valence-corrected chi connectivity index (χ4v) is 0.685. The molecule has 0 spiro atoms. The minimum Gasteiger partial charge on any atom is -0.339 e. The summed E-state index contributed by atoms with van der Waals surface area (Å²) in [6, 6.07) is 0. The van der Waals surface area contributed by atoms with E-state index in [1.165, 1.54) is 0 Å². The molecule has 0 aromatic carbocycles. The Labute approximate surface area is 66.6 Å². The molecule has 0 radical (unpaired) electrons. The van der Waals surface area contributed by atoms with Crippen LogP contribution in [0.1, 0.15) is 18.6 Å². The summed E-state index contributed by atoms with van der Waals surface area (Å²) in [6.07, 6.45) is -4.95. The van der Waals surface area contributed by atoms with E-state index in [-0.39, 0.29) is 11.7 Å². The van der Waals surface area contributed by atoms with Gasteiger partial charge in [-0.1, -0.05) is 12.1 Å². The van der Waals surface area contributed by atoms with E-state index >= 15 is 0 Å². The second-order valence-electron chi connectivity index (χ2n) is 2.25. The van der Waals surface area contributed by atoms with Crippen molar-refractivity contribution in [3.05, 3.63) is 11.7 Å². The van der Waals surface area contributed by atoms with Crippen molar-refractivity contribution >= 4 is 0 Å². The maximum absolute atomic E-state index is 11.7. The highest BCUT2D eigenvalue weighted by Crippen LogP contribution is 2.19. The third kappa shape index (κ3) is 2.52. The van der Waals surface area contributed by atoms with Crippen molar-refractivity contribution in [3.8, 4) is 0 Å². The van der Waals surface area contributed by atoms with Crippen molar-refractivity contribution < 1.29 is 17.7 Å². The molecule has 0 N–H and O–H groups in total. The van der Waals surface area contributed by atoms with Crippen LogP contribution in [0.25, 0.3) is 0 Å². The Morgan fingerprint density at radius 1 is 1.42 bits per heavy atom. The summed E-state index contributed by atoms with van der Waals surface area (Å²) in [5, 5.41) is 3.17. The zero-order valence-electron chi connectivity index (χ0n) is 6.35. The standard InChI is InChI=1S/C6H7F3N2O/c1-2-5-10-4(11-12-5)3-6(7,8)9/h2-3H2,1H3. The van der Waals surface area contributed by atoms with Gasteiger partial charge in [0.1, 0.15) is 6.42 Å². The molecule has 6 heteroatoms. The molecule has 0 aliphatic carbocycles. The van der Waals surface area contributed by atoms with E-state index in [4.69, 9.17) is 0 Å².